The van der Waals surface area contributed by atoms with E-state index in [2.05, 4.69) is 61.3 Å². The highest BCUT2D eigenvalue weighted by atomic mass is 79.9. The maximum atomic E-state index is 5.68. The summed E-state index contributed by atoms with van der Waals surface area (Å²) in [6.07, 6.45) is 1.83. The number of likely N-dealkylation sites (N-methyl/N-ethyl adjacent to an activating group) is 1. The van der Waals surface area contributed by atoms with Gasteiger partial charge in [0.1, 0.15) is 11.8 Å². The highest BCUT2D eigenvalue weighted by Gasteiger charge is 2.23. The normalized spacial score (nSPS) is 13.1. The van der Waals surface area contributed by atoms with Crippen molar-refractivity contribution in [2.45, 2.75) is 12.6 Å². The number of hydrogen-bond donors (Lipinski definition) is 1. The van der Waals surface area contributed by atoms with Gasteiger partial charge in [-0.25, -0.2) is 0 Å². The maximum absolute atomic E-state index is 5.68. The predicted molar refractivity (Wildman–Crippen MR) is 85.8 cm³/mol. The van der Waals surface area contributed by atoms with Gasteiger partial charge < -0.3 is 14.6 Å². The topological polar surface area (TPSA) is 46.2 Å². The molecule has 0 aliphatic carbocycles. The Morgan fingerprint density at radius 1 is 1.40 bits per heavy atom. The van der Waals surface area contributed by atoms with Gasteiger partial charge >= 0.3 is 0 Å². The number of nitrogens with one attached hydrogen (secondary N) is 1. The Labute approximate surface area is 135 Å². The van der Waals surface area contributed by atoms with Gasteiger partial charge in [-0.15, -0.1) is 0 Å². The quantitative estimate of drug-likeness (QED) is 0.802. The van der Waals surface area contributed by atoms with Crippen LogP contribution in [0.1, 0.15) is 17.5 Å². The molecule has 0 bridgehead atoms. The summed E-state index contributed by atoms with van der Waals surface area (Å²) in [4.78, 5) is 2.14. The molecule has 5 nitrogen and oxygen atoms in total. The molecule has 20 heavy (non-hydrogen) atoms. The first kappa shape index (κ1) is 15.8. The number of halogens is 2. The number of hydrogen-bond acceptors (Lipinski definition) is 4. The van der Waals surface area contributed by atoms with E-state index in [0.29, 0.717) is 0 Å². The van der Waals surface area contributed by atoms with Crippen LogP contribution in [0, 0.1) is 0 Å². The third kappa shape index (κ3) is 3.52. The maximum Gasteiger partial charge on any atom is 0.169 e. The first-order chi connectivity index (χ1) is 9.52. The van der Waals surface area contributed by atoms with Gasteiger partial charge in [-0.05, 0) is 65.1 Å². The second-order valence-electron chi connectivity index (χ2n) is 4.77. The van der Waals surface area contributed by atoms with Gasteiger partial charge in [0.2, 0.25) is 0 Å². The third-order valence-electron chi connectivity index (χ3n) is 3.03. The van der Waals surface area contributed by atoms with Gasteiger partial charge in [0.25, 0.3) is 0 Å². The summed E-state index contributed by atoms with van der Waals surface area (Å²) < 4.78 is 9.38. The van der Waals surface area contributed by atoms with Crippen LogP contribution < -0.4 is 5.32 Å². The van der Waals surface area contributed by atoms with Gasteiger partial charge in [-0.1, -0.05) is 0 Å². The minimum atomic E-state index is -0.0414. The highest BCUT2D eigenvalue weighted by Crippen LogP contribution is 2.30. The summed E-state index contributed by atoms with van der Waals surface area (Å²) in [6.45, 7) is 1.76. The Morgan fingerprint density at radius 2 is 2.15 bits per heavy atom. The van der Waals surface area contributed by atoms with E-state index in [0.717, 1.165) is 33.7 Å². The van der Waals surface area contributed by atoms with Gasteiger partial charge in [0.15, 0.2) is 4.67 Å². The van der Waals surface area contributed by atoms with E-state index in [1.807, 2.05) is 30.1 Å². The average molecular weight is 406 g/mol. The molecule has 2 rings (SSSR count). The molecule has 0 amide bonds. The Balaban J connectivity index is 2.31. The smallest absolute Gasteiger partial charge is 0.169 e. The average Bonchev–Trinajstić information content (AvgIpc) is 2.97. The molecule has 1 N–H and O–H groups in total. The molecule has 0 radical (unpaired) electrons. The standard InChI is InChI=1S/C13H18Br2N4O/c1-16-12(10-4-5-11(15)20-10)13-9(14)8-17-19(13)7-6-18(2)3/h4-5,8,12,16H,6-7H2,1-3H3. The van der Waals surface area contributed by atoms with Crippen LogP contribution in [0.25, 0.3) is 0 Å². The lowest BCUT2D eigenvalue weighted by atomic mass is 10.1. The van der Waals surface area contributed by atoms with E-state index in [4.69, 9.17) is 4.42 Å². The number of nitrogens with zero attached hydrogens (tertiary/aromatic N) is 3. The van der Waals surface area contributed by atoms with E-state index >= 15 is 0 Å². The molecule has 0 aliphatic heterocycles. The van der Waals surface area contributed by atoms with Crippen molar-refractivity contribution in [3.63, 3.8) is 0 Å². The molecule has 1 atom stereocenters. The molecule has 7 heteroatoms. The van der Waals surface area contributed by atoms with Crippen molar-refractivity contribution in [3.8, 4) is 0 Å². The lowest BCUT2D eigenvalue weighted by Crippen LogP contribution is -2.25. The van der Waals surface area contributed by atoms with E-state index in [9.17, 15) is 0 Å². The molecule has 0 spiro atoms. The molecule has 2 heterocycles. The second-order valence-corrected chi connectivity index (χ2v) is 6.40. The first-order valence-electron chi connectivity index (χ1n) is 6.31. The van der Waals surface area contributed by atoms with Crippen LogP contribution in [0.3, 0.4) is 0 Å². The fourth-order valence-corrected chi connectivity index (χ4v) is 2.87. The first-order valence-corrected chi connectivity index (χ1v) is 7.90. The molecule has 0 aromatic carbocycles. The molecule has 2 aromatic heterocycles. The van der Waals surface area contributed by atoms with E-state index in [1.165, 1.54) is 0 Å². The molecule has 0 fully saturated rings. The van der Waals surface area contributed by atoms with Gasteiger partial charge in [-0.2, -0.15) is 5.10 Å². The molecule has 2 aromatic rings. The number of aromatic nitrogens is 2. The summed E-state index contributed by atoms with van der Waals surface area (Å²) in [6, 6.07) is 3.81. The lowest BCUT2D eigenvalue weighted by molar-refractivity contribution is 0.361. The van der Waals surface area contributed by atoms with Crippen molar-refractivity contribution in [2.75, 3.05) is 27.7 Å². The molecule has 110 valence electrons. The van der Waals surface area contributed by atoms with Gasteiger partial charge in [0, 0.05) is 6.54 Å². The van der Waals surface area contributed by atoms with Crippen LogP contribution in [-0.4, -0.2) is 42.4 Å². The predicted octanol–water partition coefficient (Wildman–Crippen LogP) is 2.87. The van der Waals surface area contributed by atoms with Crippen molar-refractivity contribution >= 4 is 31.9 Å². The van der Waals surface area contributed by atoms with E-state index < -0.39 is 0 Å². The minimum absolute atomic E-state index is 0.0414. The highest BCUT2D eigenvalue weighted by molar-refractivity contribution is 9.10. The Kier molecular flexibility index (Phi) is 5.42. The molecule has 0 saturated carbocycles. The zero-order chi connectivity index (χ0) is 14.7. The van der Waals surface area contributed by atoms with Gasteiger partial charge in [0.05, 0.1) is 22.9 Å². The summed E-state index contributed by atoms with van der Waals surface area (Å²) in [5.74, 6) is 0.853. The SMILES string of the molecule is CNC(c1ccc(Br)o1)c1c(Br)cnn1CCN(C)C. The van der Waals surface area contributed by atoms with E-state index in [-0.39, 0.29) is 6.04 Å². The van der Waals surface area contributed by atoms with Crippen LogP contribution >= 0.6 is 31.9 Å². The minimum Gasteiger partial charge on any atom is -0.452 e. The van der Waals surface area contributed by atoms with E-state index in [1.54, 1.807) is 0 Å². The largest absolute Gasteiger partial charge is 0.452 e. The third-order valence-corrected chi connectivity index (χ3v) is 4.07. The zero-order valence-electron chi connectivity index (χ0n) is 11.7. The lowest BCUT2D eigenvalue weighted by Gasteiger charge is -2.18. The Morgan fingerprint density at radius 3 is 2.70 bits per heavy atom. The van der Waals surface area contributed by atoms with Crippen molar-refractivity contribution in [1.29, 1.82) is 0 Å². The molecule has 1 unspecified atom stereocenters. The van der Waals surface area contributed by atoms with Crippen LogP contribution in [0.15, 0.2) is 31.9 Å². The second kappa shape index (κ2) is 6.89. The monoisotopic (exact) mass is 404 g/mol. The summed E-state index contributed by atoms with van der Waals surface area (Å²) in [5.41, 5.74) is 1.07. The summed E-state index contributed by atoms with van der Waals surface area (Å²) in [7, 11) is 6.02. The van der Waals surface area contributed by atoms with Crippen LogP contribution in [-0.2, 0) is 6.54 Å². The van der Waals surface area contributed by atoms with Crippen molar-refractivity contribution < 1.29 is 4.42 Å². The fourth-order valence-electron chi connectivity index (χ4n) is 2.03. The van der Waals surface area contributed by atoms with Crippen molar-refractivity contribution in [3.05, 3.63) is 38.9 Å². The summed E-state index contributed by atoms with van der Waals surface area (Å²) in [5, 5.41) is 7.72. The van der Waals surface area contributed by atoms with Crippen molar-refractivity contribution in [2.24, 2.45) is 0 Å². The van der Waals surface area contributed by atoms with Crippen LogP contribution in [0.5, 0.6) is 0 Å². The molecule has 0 aliphatic rings. The zero-order valence-corrected chi connectivity index (χ0v) is 14.9. The molecular weight excluding hydrogens is 388 g/mol. The molecule has 0 saturated heterocycles. The van der Waals surface area contributed by atoms with Crippen molar-refractivity contribution in [1.82, 2.24) is 20.0 Å². The number of furan rings is 1. The van der Waals surface area contributed by atoms with Crippen LogP contribution in [0.2, 0.25) is 0 Å². The Hall–Kier alpha value is -0.630. The van der Waals surface area contributed by atoms with Gasteiger partial charge in [-0.3, -0.25) is 4.68 Å². The fraction of sp³-hybridized carbons (Fsp3) is 0.462. The molecular formula is C13H18Br2N4O. The number of rotatable bonds is 6. The summed E-state index contributed by atoms with van der Waals surface area (Å²) >= 11 is 6.92. The van der Waals surface area contributed by atoms with Crippen LogP contribution in [0.4, 0.5) is 0 Å². The Bertz CT molecular complexity index is 564.